The van der Waals surface area contributed by atoms with E-state index in [9.17, 15) is 12.8 Å². The van der Waals surface area contributed by atoms with Gasteiger partial charge >= 0.3 is 0 Å². The Hall–Kier alpha value is -1.48. The van der Waals surface area contributed by atoms with Crippen molar-refractivity contribution in [1.82, 2.24) is 9.97 Å². The Morgan fingerprint density at radius 1 is 1.31 bits per heavy atom. The van der Waals surface area contributed by atoms with Gasteiger partial charge < -0.3 is 9.64 Å². The van der Waals surface area contributed by atoms with Crippen molar-refractivity contribution in [3.8, 4) is 0 Å². The first kappa shape index (κ1) is 19.3. The maximum absolute atomic E-state index is 13.3. The van der Waals surface area contributed by atoms with E-state index in [4.69, 9.17) is 27.9 Å². The smallest absolute Gasteiger partial charge is 0.224 e. The monoisotopic (exact) mass is 419 g/mol. The number of nitrogens with zero attached hydrogens (tertiary/aromatic N) is 3. The molecule has 0 amide bonds. The molecule has 10 heteroatoms. The van der Waals surface area contributed by atoms with Crippen LogP contribution >= 0.6 is 23.2 Å². The Bertz CT molecular complexity index is 927. The van der Waals surface area contributed by atoms with E-state index in [2.05, 4.69) is 9.97 Å². The van der Waals surface area contributed by atoms with Gasteiger partial charge in [0.1, 0.15) is 11.6 Å². The molecule has 1 aromatic carbocycles. The fourth-order valence-electron chi connectivity index (χ4n) is 2.69. The molecule has 1 aliphatic rings. The summed E-state index contributed by atoms with van der Waals surface area (Å²) in [4.78, 5) is 10.1. The SMILES string of the molecule is C[C@H]1COCCN1c1cc(CS(=O)(=O)c2ccc(F)c(Cl)c2)nc(Cl)n1. The van der Waals surface area contributed by atoms with Crippen molar-refractivity contribution in [2.45, 2.75) is 23.6 Å². The molecule has 0 saturated carbocycles. The first-order chi connectivity index (χ1) is 12.3. The normalized spacial score (nSPS) is 18.2. The highest BCUT2D eigenvalue weighted by atomic mass is 35.5. The summed E-state index contributed by atoms with van der Waals surface area (Å²) in [5, 5.41) is -0.293. The molecule has 1 atom stereocenters. The van der Waals surface area contributed by atoms with Gasteiger partial charge in [0, 0.05) is 12.6 Å². The standard InChI is InChI=1S/C16H16Cl2FN3O3S/c1-10-8-25-5-4-22(10)15-6-11(20-16(18)21-15)9-26(23,24)12-2-3-14(19)13(17)7-12/h2-3,6-7,10H,4-5,8-9H2,1H3/t10-/m0/s1. The zero-order valence-electron chi connectivity index (χ0n) is 13.8. The fourth-order valence-corrected chi connectivity index (χ4v) is 4.41. The van der Waals surface area contributed by atoms with Crippen LogP contribution in [0.3, 0.4) is 0 Å². The van der Waals surface area contributed by atoms with E-state index < -0.39 is 21.4 Å². The van der Waals surface area contributed by atoms with Crippen LogP contribution in [0.15, 0.2) is 29.2 Å². The third-order valence-electron chi connectivity index (χ3n) is 3.99. The van der Waals surface area contributed by atoms with Crippen LogP contribution in [0.1, 0.15) is 12.6 Å². The second-order valence-electron chi connectivity index (χ2n) is 5.94. The molecule has 0 aliphatic carbocycles. The highest BCUT2D eigenvalue weighted by Gasteiger charge is 2.23. The van der Waals surface area contributed by atoms with Crippen molar-refractivity contribution < 1.29 is 17.5 Å². The Labute approximate surface area is 160 Å². The average molecular weight is 420 g/mol. The van der Waals surface area contributed by atoms with Crippen LogP contribution in [-0.2, 0) is 20.3 Å². The topological polar surface area (TPSA) is 72.4 Å². The molecule has 0 unspecified atom stereocenters. The number of benzene rings is 1. The molecule has 6 nitrogen and oxygen atoms in total. The van der Waals surface area contributed by atoms with Crippen LogP contribution in [0.25, 0.3) is 0 Å². The maximum Gasteiger partial charge on any atom is 0.224 e. The van der Waals surface area contributed by atoms with Gasteiger partial charge in [-0.05, 0) is 36.7 Å². The number of morpholine rings is 1. The van der Waals surface area contributed by atoms with Crippen molar-refractivity contribution in [3.05, 3.63) is 46.1 Å². The van der Waals surface area contributed by atoms with Gasteiger partial charge in [-0.1, -0.05) is 11.6 Å². The molecule has 1 fully saturated rings. The van der Waals surface area contributed by atoms with Crippen LogP contribution in [-0.4, -0.2) is 44.2 Å². The second-order valence-corrected chi connectivity index (χ2v) is 8.67. The molecule has 2 heterocycles. The lowest BCUT2D eigenvalue weighted by Gasteiger charge is -2.34. The lowest BCUT2D eigenvalue weighted by Crippen LogP contribution is -2.44. The van der Waals surface area contributed by atoms with Gasteiger partial charge in [0.15, 0.2) is 9.84 Å². The van der Waals surface area contributed by atoms with E-state index >= 15 is 0 Å². The highest BCUT2D eigenvalue weighted by molar-refractivity contribution is 7.90. The van der Waals surface area contributed by atoms with Crippen molar-refractivity contribution in [2.75, 3.05) is 24.7 Å². The van der Waals surface area contributed by atoms with Gasteiger partial charge in [0.2, 0.25) is 5.28 Å². The van der Waals surface area contributed by atoms with E-state index in [0.29, 0.717) is 25.6 Å². The molecule has 3 rings (SSSR count). The molecule has 140 valence electrons. The molecule has 1 saturated heterocycles. The average Bonchev–Trinajstić information content (AvgIpc) is 2.56. The summed E-state index contributed by atoms with van der Waals surface area (Å²) in [6.07, 6.45) is 0. The van der Waals surface area contributed by atoms with Crippen molar-refractivity contribution in [1.29, 1.82) is 0 Å². The minimum Gasteiger partial charge on any atom is -0.377 e. The molecule has 0 N–H and O–H groups in total. The maximum atomic E-state index is 13.3. The van der Waals surface area contributed by atoms with Gasteiger partial charge in [0.25, 0.3) is 0 Å². The van der Waals surface area contributed by atoms with E-state index in [-0.39, 0.29) is 26.9 Å². The predicted molar refractivity (Wildman–Crippen MR) is 97.0 cm³/mol. The summed E-state index contributed by atoms with van der Waals surface area (Å²) in [6.45, 7) is 3.69. The molecular weight excluding hydrogens is 404 g/mol. The third kappa shape index (κ3) is 4.25. The lowest BCUT2D eigenvalue weighted by atomic mass is 10.2. The molecular formula is C16H16Cl2FN3O3S. The zero-order valence-corrected chi connectivity index (χ0v) is 16.2. The summed E-state index contributed by atoms with van der Waals surface area (Å²) < 4.78 is 43.9. The van der Waals surface area contributed by atoms with Crippen LogP contribution in [0, 0.1) is 5.82 Å². The Balaban J connectivity index is 1.90. The molecule has 2 aromatic rings. The second kappa shape index (κ2) is 7.64. The number of sulfone groups is 1. The lowest BCUT2D eigenvalue weighted by molar-refractivity contribution is 0.0985. The van der Waals surface area contributed by atoms with Crippen LogP contribution in [0.4, 0.5) is 10.2 Å². The predicted octanol–water partition coefficient (Wildman–Crippen LogP) is 3.12. The first-order valence-corrected chi connectivity index (χ1v) is 10.2. The van der Waals surface area contributed by atoms with E-state index in [0.717, 1.165) is 12.1 Å². The summed E-state index contributed by atoms with van der Waals surface area (Å²) in [5.41, 5.74) is 0.249. The van der Waals surface area contributed by atoms with Gasteiger partial charge in [0.05, 0.1) is 40.6 Å². The Morgan fingerprint density at radius 3 is 2.77 bits per heavy atom. The quantitative estimate of drug-likeness (QED) is 0.559. The van der Waals surface area contributed by atoms with Crippen LogP contribution in [0.5, 0.6) is 0 Å². The van der Waals surface area contributed by atoms with Crippen molar-refractivity contribution in [2.24, 2.45) is 0 Å². The minimum absolute atomic E-state index is 0.0384. The van der Waals surface area contributed by atoms with E-state index in [1.807, 2.05) is 11.8 Å². The van der Waals surface area contributed by atoms with Gasteiger partial charge in [-0.15, -0.1) is 0 Å². The van der Waals surface area contributed by atoms with E-state index in [1.54, 1.807) is 6.07 Å². The molecule has 1 aromatic heterocycles. The van der Waals surface area contributed by atoms with Gasteiger partial charge in [-0.3, -0.25) is 0 Å². The largest absolute Gasteiger partial charge is 0.377 e. The van der Waals surface area contributed by atoms with Gasteiger partial charge in [-0.2, -0.15) is 0 Å². The molecule has 0 radical (unpaired) electrons. The number of rotatable bonds is 4. The number of ether oxygens (including phenoxy) is 1. The number of aromatic nitrogens is 2. The van der Waals surface area contributed by atoms with Crippen molar-refractivity contribution >= 4 is 38.9 Å². The van der Waals surface area contributed by atoms with Crippen LogP contribution in [0.2, 0.25) is 10.3 Å². The first-order valence-electron chi connectivity index (χ1n) is 7.82. The molecule has 0 spiro atoms. The summed E-state index contributed by atoms with van der Waals surface area (Å²) >= 11 is 11.7. The Morgan fingerprint density at radius 2 is 2.08 bits per heavy atom. The molecule has 26 heavy (non-hydrogen) atoms. The third-order valence-corrected chi connectivity index (χ3v) is 6.10. The molecule has 1 aliphatic heterocycles. The summed E-state index contributed by atoms with van der Waals surface area (Å²) in [7, 11) is -3.77. The van der Waals surface area contributed by atoms with Gasteiger partial charge in [-0.25, -0.2) is 22.8 Å². The number of halogens is 3. The molecule has 0 bridgehead atoms. The zero-order chi connectivity index (χ0) is 18.9. The van der Waals surface area contributed by atoms with E-state index in [1.165, 1.54) is 6.07 Å². The summed E-state index contributed by atoms with van der Waals surface area (Å²) in [6, 6.07) is 4.94. The minimum atomic E-state index is -3.77. The van der Waals surface area contributed by atoms with Crippen molar-refractivity contribution in [3.63, 3.8) is 0 Å². The highest BCUT2D eigenvalue weighted by Crippen LogP contribution is 2.25. The Kier molecular flexibility index (Phi) is 5.67. The number of hydrogen-bond acceptors (Lipinski definition) is 6. The summed E-state index contributed by atoms with van der Waals surface area (Å²) in [5.74, 6) is -0.537. The van der Waals surface area contributed by atoms with Crippen LogP contribution < -0.4 is 4.90 Å². The fraction of sp³-hybridized carbons (Fsp3) is 0.375. The number of hydrogen-bond donors (Lipinski definition) is 0. The number of anilines is 1.